The highest BCUT2D eigenvalue weighted by Gasteiger charge is 2.27. The summed E-state index contributed by atoms with van der Waals surface area (Å²) in [6.07, 6.45) is 6.07. The smallest absolute Gasteiger partial charge is 0.226 e. The number of rotatable bonds is 7. The van der Waals surface area contributed by atoms with Gasteiger partial charge in [0.05, 0.1) is 6.54 Å². The maximum absolute atomic E-state index is 10.5. The van der Waals surface area contributed by atoms with Gasteiger partial charge in [-0.3, -0.25) is 0 Å². The molecule has 1 N–H and O–H groups in total. The Morgan fingerprint density at radius 1 is 1.07 bits per heavy atom. The van der Waals surface area contributed by atoms with Crippen LogP contribution in [0.3, 0.4) is 0 Å². The van der Waals surface area contributed by atoms with Gasteiger partial charge in [0.1, 0.15) is 24.1 Å². The maximum Gasteiger partial charge on any atom is 0.226 e. The molecule has 0 radical (unpaired) electrons. The number of para-hydroxylation sites is 1. The van der Waals surface area contributed by atoms with Crippen molar-refractivity contribution in [2.75, 3.05) is 0 Å². The Morgan fingerprint density at radius 2 is 1.75 bits per heavy atom. The molecule has 5 nitrogen and oxygen atoms in total. The van der Waals surface area contributed by atoms with Crippen LogP contribution >= 0.6 is 35.2 Å². The summed E-state index contributed by atoms with van der Waals surface area (Å²) in [5, 5.41) is 14.1. The van der Waals surface area contributed by atoms with Crippen LogP contribution < -0.4 is 4.18 Å². The van der Waals surface area contributed by atoms with E-state index >= 15 is 0 Å². The van der Waals surface area contributed by atoms with Crippen molar-refractivity contribution in [3.05, 3.63) is 71.5 Å². The molecule has 4 rings (SSSR count). The lowest BCUT2D eigenvalue weighted by atomic mass is 10.1. The first-order chi connectivity index (χ1) is 13.5. The normalized spacial score (nSPS) is 14.5. The first kappa shape index (κ1) is 21.0. The Hall–Kier alpha value is -1.73. The molecule has 1 aromatic heterocycles. The van der Waals surface area contributed by atoms with Gasteiger partial charge in [-0.25, -0.2) is 9.67 Å². The molecule has 0 spiro atoms. The van der Waals surface area contributed by atoms with Crippen LogP contribution in [0.5, 0.6) is 5.75 Å². The molecule has 1 aliphatic rings. The zero-order chi connectivity index (χ0) is 19.8. The average Bonchev–Trinajstić information content (AvgIpc) is 3.50. The van der Waals surface area contributed by atoms with Gasteiger partial charge in [-0.2, -0.15) is 5.10 Å². The van der Waals surface area contributed by atoms with Crippen LogP contribution in [-0.2, 0) is 13.0 Å². The van der Waals surface area contributed by atoms with Crippen LogP contribution in [-0.4, -0.2) is 24.9 Å². The number of hydrogen-bond acceptors (Lipinski definition) is 5. The van der Waals surface area contributed by atoms with Crippen LogP contribution in [0.1, 0.15) is 24.8 Å². The number of nitrogens with zero attached hydrogens (tertiary/aromatic N) is 3. The molecule has 0 aliphatic heterocycles. The van der Waals surface area contributed by atoms with Gasteiger partial charge in [0.2, 0.25) is 5.16 Å². The molecular formula is C20H21Cl2N3O2S. The minimum absolute atomic E-state index is 0.0419. The highest BCUT2D eigenvalue weighted by Crippen LogP contribution is 2.27. The molecule has 0 bridgehead atoms. The quantitative estimate of drug-likeness (QED) is 0.398. The van der Waals surface area contributed by atoms with Crippen molar-refractivity contribution >= 4 is 35.2 Å². The van der Waals surface area contributed by atoms with E-state index in [2.05, 4.69) is 10.1 Å². The molecule has 8 heteroatoms. The SMILES string of the molecule is C1CC1.OC(Cl)(Cc1ccccc1Cl)Cn1ncnc1SOc1ccccc1. The third-order valence-corrected chi connectivity index (χ3v) is 5.06. The number of benzene rings is 2. The van der Waals surface area contributed by atoms with Crippen LogP contribution in [0.4, 0.5) is 0 Å². The van der Waals surface area contributed by atoms with Crippen molar-refractivity contribution < 1.29 is 9.29 Å². The number of aliphatic hydroxyl groups is 1. The molecule has 2 aromatic carbocycles. The summed E-state index contributed by atoms with van der Waals surface area (Å²) in [6.45, 7) is 0.0419. The molecule has 1 unspecified atom stereocenters. The fourth-order valence-electron chi connectivity index (χ4n) is 2.21. The molecule has 1 fully saturated rings. The summed E-state index contributed by atoms with van der Waals surface area (Å²) in [5.74, 6) is 0.694. The first-order valence-corrected chi connectivity index (χ1v) is 10.5. The van der Waals surface area contributed by atoms with E-state index < -0.39 is 5.06 Å². The Kier molecular flexibility index (Phi) is 7.62. The minimum Gasteiger partial charge on any atom is -0.417 e. The molecule has 1 atom stereocenters. The van der Waals surface area contributed by atoms with Crippen LogP contribution in [0.25, 0.3) is 0 Å². The van der Waals surface area contributed by atoms with E-state index in [1.54, 1.807) is 6.07 Å². The van der Waals surface area contributed by atoms with Gasteiger partial charge in [-0.1, -0.05) is 78.9 Å². The lowest BCUT2D eigenvalue weighted by Gasteiger charge is -2.21. The first-order valence-electron chi connectivity index (χ1n) is 8.96. The van der Waals surface area contributed by atoms with E-state index in [1.165, 1.54) is 30.3 Å². The van der Waals surface area contributed by atoms with Gasteiger partial charge in [-0.05, 0) is 23.8 Å². The fraction of sp³-hybridized carbons (Fsp3) is 0.300. The highest BCUT2D eigenvalue weighted by molar-refractivity contribution is 7.94. The predicted octanol–water partition coefficient (Wildman–Crippen LogP) is 5.36. The highest BCUT2D eigenvalue weighted by atomic mass is 35.5. The summed E-state index contributed by atoms with van der Waals surface area (Å²) in [6, 6.07) is 16.6. The zero-order valence-corrected chi connectivity index (χ0v) is 17.5. The lowest BCUT2D eigenvalue weighted by molar-refractivity contribution is 0.101. The summed E-state index contributed by atoms with van der Waals surface area (Å²) in [5.41, 5.74) is 0.761. The van der Waals surface area contributed by atoms with E-state index in [0.717, 1.165) is 17.6 Å². The van der Waals surface area contributed by atoms with E-state index in [0.29, 0.717) is 15.9 Å². The predicted molar refractivity (Wildman–Crippen MR) is 113 cm³/mol. The van der Waals surface area contributed by atoms with Gasteiger partial charge in [-0.15, -0.1) is 0 Å². The summed E-state index contributed by atoms with van der Waals surface area (Å²) in [4.78, 5) is 4.13. The second-order valence-electron chi connectivity index (χ2n) is 6.43. The van der Waals surface area contributed by atoms with Gasteiger partial charge in [0.15, 0.2) is 5.06 Å². The maximum atomic E-state index is 10.5. The summed E-state index contributed by atoms with van der Waals surface area (Å²) < 4.78 is 7.09. The number of halogens is 2. The van der Waals surface area contributed by atoms with Crippen LogP contribution in [0.2, 0.25) is 5.02 Å². The van der Waals surface area contributed by atoms with Crippen molar-refractivity contribution in [3.8, 4) is 5.75 Å². The molecular weight excluding hydrogens is 417 g/mol. The Labute approximate surface area is 178 Å². The number of hydrogen-bond donors (Lipinski definition) is 1. The monoisotopic (exact) mass is 437 g/mol. The molecule has 0 saturated heterocycles. The Morgan fingerprint density at radius 3 is 2.43 bits per heavy atom. The van der Waals surface area contributed by atoms with Crippen molar-refractivity contribution in [3.63, 3.8) is 0 Å². The zero-order valence-electron chi connectivity index (χ0n) is 15.2. The standard InChI is InChI=1S/C17H15Cl2N3O2S.C3H6/c18-15-9-5-4-6-13(15)10-17(19,23)11-22-16(20-12-21-22)25-24-14-7-2-1-3-8-14;1-2-3-1/h1-9,12,23H,10-11H2;1-3H2. The van der Waals surface area contributed by atoms with Gasteiger partial charge >= 0.3 is 0 Å². The van der Waals surface area contributed by atoms with Crippen LogP contribution in [0.15, 0.2) is 66.1 Å². The molecule has 3 aromatic rings. The molecule has 1 heterocycles. The van der Waals surface area contributed by atoms with Gasteiger partial charge in [0.25, 0.3) is 0 Å². The topological polar surface area (TPSA) is 60.2 Å². The average molecular weight is 438 g/mol. The summed E-state index contributed by atoms with van der Waals surface area (Å²) in [7, 11) is 0. The Bertz CT molecular complexity index is 870. The van der Waals surface area contributed by atoms with E-state index in [4.69, 9.17) is 27.4 Å². The summed E-state index contributed by atoms with van der Waals surface area (Å²) >= 11 is 13.5. The number of alkyl halides is 1. The molecule has 0 amide bonds. The van der Waals surface area contributed by atoms with E-state index in [9.17, 15) is 5.11 Å². The van der Waals surface area contributed by atoms with Crippen molar-refractivity contribution in [2.45, 2.75) is 42.4 Å². The second kappa shape index (κ2) is 10.2. The third kappa shape index (κ3) is 7.02. The minimum atomic E-state index is -1.55. The lowest BCUT2D eigenvalue weighted by Crippen LogP contribution is -2.31. The molecule has 28 heavy (non-hydrogen) atoms. The second-order valence-corrected chi connectivity index (χ2v) is 8.24. The van der Waals surface area contributed by atoms with Crippen molar-refractivity contribution in [2.24, 2.45) is 0 Å². The molecule has 1 saturated carbocycles. The van der Waals surface area contributed by atoms with Gasteiger partial charge in [0, 0.05) is 11.4 Å². The van der Waals surface area contributed by atoms with Crippen molar-refractivity contribution in [1.29, 1.82) is 0 Å². The molecule has 148 valence electrons. The number of aromatic nitrogens is 3. The van der Waals surface area contributed by atoms with Crippen molar-refractivity contribution in [1.82, 2.24) is 14.8 Å². The van der Waals surface area contributed by atoms with Gasteiger partial charge < -0.3 is 9.29 Å². The molecule has 1 aliphatic carbocycles. The third-order valence-electron chi connectivity index (χ3n) is 3.70. The van der Waals surface area contributed by atoms with E-state index in [-0.39, 0.29) is 13.0 Å². The Balaban J connectivity index is 0.000000684. The van der Waals surface area contributed by atoms with Crippen LogP contribution in [0, 0.1) is 0 Å². The fourth-order valence-corrected chi connectivity index (χ4v) is 3.24. The van der Waals surface area contributed by atoms with E-state index in [1.807, 2.05) is 48.5 Å². The largest absolute Gasteiger partial charge is 0.417 e.